The van der Waals surface area contributed by atoms with Gasteiger partial charge in [0.1, 0.15) is 5.76 Å². The maximum atomic E-state index is 8.82. The van der Waals surface area contributed by atoms with Crippen LogP contribution in [0.3, 0.4) is 0 Å². The van der Waals surface area contributed by atoms with Crippen LogP contribution >= 0.6 is 0 Å². The van der Waals surface area contributed by atoms with Crippen molar-refractivity contribution in [2.75, 3.05) is 28.3 Å². The normalized spacial score (nSPS) is 18.4. The molecule has 0 spiro atoms. The summed E-state index contributed by atoms with van der Waals surface area (Å²) in [7, 11) is 6.99. The van der Waals surface area contributed by atoms with E-state index in [1.165, 1.54) is 7.11 Å². The number of nitrogens with zero attached hydrogens (tertiary/aromatic N) is 3. The Hall–Kier alpha value is -1.53. The minimum atomic E-state index is -5.25. The fraction of sp³-hybridized carbons (Fsp3) is 0.500. The van der Waals surface area contributed by atoms with E-state index < -0.39 is 13.6 Å². The average Bonchev–Trinajstić information content (AvgIpc) is 2.34. The first-order valence-electron chi connectivity index (χ1n) is 5.24. The van der Waals surface area contributed by atoms with Crippen LogP contribution in [0.1, 0.15) is 0 Å². The molecule has 1 rings (SSSR count). The molecule has 0 saturated carbocycles. The Morgan fingerprint density at radius 3 is 2.10 bits per heavy atom. The van der Waals surface area contributed by atoms with Gasteiger partial charge in [-0.1, -0.05) is 0 Å². The van der Waals surface area contributed by atoms with Crippen LogP contribution in [0.25, 0.3) is 5.53 Å². The van der Waals surface area contributed by atoms with E-state index in [4.69, 9.17) is 30.9 Å². The van der Waals surface area contributed by atoms with Crippen LogP contribution < -0.4 is 0 Å². The van der Waals surface area contributed by atoms with E-state index in [2.05, 4.69) is 4.79 Å². The third-order valence-corrected chi connectivity index (χ3v) is 2.25. The van der Waals surface area contributed by atoms with Crippen molar-refractivity contribution in [2.24, 2.45) is 0 Å². The van der Waals surface area contributed by atoms with Crippen LogP contribution in [0.2, 0.25) is 0 Å². The van der Waals surface area contributed by atoms with Crippen LogP contribution in [0.15, 0.2) is 23.7 Å². The number of rotatable bonds is 3. The average molecular weight is 327 g/mol. The molecular weight excluding hydrogens is 310 g/mol. The maximum absolute atomic E-state index is 8.82. The van der Waals surface area contributed by atoms with Crippen LogP contribution in [0.4, 0.5) is 0 Å². The SMILES string of the molecule is COC1=CC(N(C)C)C(OC)=CC1=[N+]=[N-].[O]=[Cr](=[O])([OH])[OH]. The molecule has 2 N–H and O–H groups in total. The van der Waals surface area contributed by atoms with Crippen molar-refractivity contribution in [1.82, 2.24) is 4.90 Å². The van der Waals surface area contributed by atoms with E-state index in [9.17, 15) is 0 Å². The molecule has 1 atom stereocenters. The zero-order valence-electron chi connectivity index (χ0n) is 11.5. The molecule has 0 aromatic rings. The van der Waals surface area contributed by atoms with E-state index in [-0.39, 0.29) is 6.04 Å². The summed E-state index contributed by atoms with van der Waals surface area (Å²) in [5.41, 5.74) is 9.15. The third kappa shape index (κ3) is 6.58. The van der Waals surface area contributed by atoms with Gasteiger partial charge in [-0.05, 0) is 20.2 Å². The van der Waals surface area contributed by atoms with E-state index >= 15 is 0 Å². The van der Waals surface area contributed by atoms with Gasteiger partial charge in [-0.15, -0.1) is 0 Å². The number of methoxy groups -OCH3 is 2. The Bertz CT molecular complexity index is 537. The molecule has 0 radical (unpaired) electrons. The number of likely N-dealkylation sites (N-methyl/N-ethyl adjacent to an activating group) is 1. The first-order valence-corrected chi connectivity index (χ1v) is 7.42. The zero-order chi connectivity index (χ0) is 15.9. The van der Waals surface area contributed by atoms with Crippen molar-refractivity contribution in [1.29, 1.82) is 0 Å². The van der Waals surface area contributed by atoms with Crippen molar-refractivity contribution in [3.63, 3.8) is 0 Å². The molecule has 10 heteroatoms. The van der Waals surface area contributed by atoms with Gasteiger partial charge in [0.15, 0.2) is 0 Å². The van der Waals surface area contributed by atoms with E-state index in [1.807, 2.05) is 25.1 Å². The van der Waals surface area contributed by atoms with Gasteiger partial charge >= 0.3 is 35.2 Å². The third-order valence-electron chi connectivity index (χ3n) is 2.25. The Morgan fingerprint density at radius 2 is 1.80 bits per heavy atom. The predicted molar refractivity (Wildman–Crippen MR) is 62.1 cm³/mol. The summed E-state index contributed by atoms with van der Waals surface area (Å²) < 4.78 is 42.2. The molecule has 1 unspecified atom stereocenters. The Kier molecular flexibility index (Phi) is 7.31. The minimum absolute atomic E-state index is 0.00421. The van der Waals surface area contributed by atoms with Crippen LogP contribution in [0.5, 0.6) is 0 Å². The zero-order valence-corrected chi connectivity index (χ0v) is 12.8. The van der Waals surface area contributed by atoms with E-state index in [1.54, 1.807) is 13.2 Å². The molecule has 1 aliphatic carbocycles. The summed E-state index contributed by atoms with van der Waals surface area (Å²) in [6.45, 7) is 0. The van der Waals surface area contributed by atoms with Crippen LogP contribution in [0, 0.1) is 0 Å². The number of hydrogen-bond acceptors (Lipinski definition) is 5. The second-order valence-corrected chi connectivity index (χ2v) is 5.23. The van der Waals surface area contributed by atoms with Crippen LogP contribution in [-0.2, 0) is 30.7 Å². The van der Waals surface area contributed by atoms with Gasteiger partial charge in [-0.25, -0.2) is 0 Å². The molecule has 0 aromatic heterocycles. The van der Waals surface area contributed by atoms with Crippen molar-refractivity contribution < 1.29 is 43.8 Å². The summed E-state index contributed by atoms with van der Waals surface area (Å²) in [4.78, 5) is 5.11. The molecule has 9 nitrogen and oxygen atoms in total. The first-order chi connectivity index (χ1) is 9.13. The van der Waals surface area contributed by atoms with Gasteiger partial charge in [0.2, 0.25) is 5.76 Å². The number of ether oxygens (including phenoxy) is 2. The summed E-state index contributed by atoms with van der Waals surface area (Å²) in [5, 5.41) is 0. The second kappa shape index (κ2) is 7.92. The number of hydrogen-bond donors (Lipinski definition) is 2. The Morgan fingerprint density at radius 1 is 1.30 bits per heavy atom. The molecule has 114 valence electrons. The van der Waals surface area contributed by atoms with E-state index in [0.717, 1.165) is 0 Å². The molecule has 0 saturated heterocycles. The molecule has 0 aliphatic heterocycles. The number of allylic oxidation sites excluding steroid dienone is 1. The molecular formula is C10H17CrN3O6. The topological polar surface area (TPSA) is 133 Å². The van der Waals surface area contributed by atoms with Crippen molar-refractivity contribution in [3.05, 3.63) is 29.2 Å². The molecule has 0 bridgehead atoms. The van der Waals surface area contributed by atoms with E-state index in [0.29, 0.717) is 17.2 Å². The molecule has 0 amide bonds. The molecule has 0 heterocycles. The summed E-state index contributed by atoms with van der Waals surface area (Å²) in [5.74, 6) is 1.26. The second-order valence-electron chi connectivity index (χ2n) is 3.83. The quantitative estimate of drug-likeness (QED) is 0.517. The van der Waals surface area contributed by atoms with Crippen LogP contribution in [-0.4, -0.2) is 58.1 Å². The van der Waals surface area contributed by atoms with Gasteiger partial charge in [0, 0.05) is 0 Å². The standard InChI is InChI=1S/C10H15N3O2.Cr.2H2O.2O/c1-13(2)8-6-9(14-3)7(12-11)5-10(8)15-4;;;;;/h5-6,8H,1-4H3;;2*1H2;;/q;+2;;;;/p-2. The molecule has 0 aromatic carbocycles. The van der Waals surface area contributed by atoms with Crippen molar-refractivity contribution in [2.45, 2.75) is 6.04 Å². The van der Waals surface area contributed by atoms with Gasteiger partial charge in [0.05, 0.1) is 26.3 Å². The first kappa shape index (κ1) is 18.5. The molecule has 1 aliphatic rings. The van der Waals surface area contributed by atoms with Crippen molar-refractivity contribution in [3.8, 4) is 0 Å². The predicted octanol–water partition coefficient (Wildman–Crippen LogP) is -0.692. The molecule has 0 fully saturated rings. The molecule has 20 heavy (non-hydrogen) atoms. The summed E-state index contributed by atoms with van der Waals surface area (Å²) in [6, 6.07) is -0.00421. The van der Waals surface area contributed by atoms with Crippen molar-refractivity contribution >= 4 is 5.71 Å². The van der Waals surface area contributed by atoms with Gasteiger partial charge in [-0.2, -0.15) is 4.79 Å². The Labute approximate surface area is 118 Å². The van der Waals surface area contributed by atoms with Gasteiger partial charge < -0.3 is 15.0 Å². The monoisotopic (exact) mass is 327 g/mol. The summed E-state index contributed by atoms with van der Waals surface area (Å²) >= 11 is -5.25. The van der Waals surface area contributed by atoms with Gasteiger partial charge in [-0.3, -0.25) is 4.90 Å². The fourth-order valence-electron chi connectivity index (χ4n) is 1.44. The van der Waals surface area contributed by atoms with Gasteiger partial charge in [0.25, 0.3) is 0 Å². The summed E-state index contributed by atoms with van der Waals surface area (Å²) in [6.07, 6.45) is 3.50. The fourth-order valence-corrected chi connectivity index (χ4v) is 1.44. The Balaban J connectivity index is 0.000000621.